The van der Waals surface area contributed by atoms with E-state index >= 15 is 0 Å². The maximum absolute atomic E-state index is 13.1. The standard InChI is InChI=1S/C55H93NO15/c1-6-11-14-17-20-29-40-64-48(57)33-23-26-36-51(60)68-44-55(47-71-54(63)67-43-32-39-56(9-4)10-5,45-69-52(61)37-27-24-34-49(58)65-41-30-21-18-15-12-7-2)46-70-53(62)38-28-25-35-50(59)66-42-31-22-19-16-13-8-3/h11-16H,6-10,17-47H2,1-5H3/b14-11-,15-12-,16-13-. The van der Waals surface area contributed by atoms with Crippen molar-refractivity contribution >= 4 is 42.0 Å². The fraction of sp³-hybridized carbons (Fsp3) is 0.764. The molecule has 0 N–H and O–H groups in total. The number of hydrogen-bond donors (Lipinski definition) is 0. The van der Waals surface area contributed by atoms with E-state index in [9.17, 15) is 33.6 Å². The van der Waals surface area contributed by atoms with E-state index in [4.69, 9.17) is 37.9 Å². The third-order valence-corrected chi connectivity index (χ3v) is 11.2. The second-order valence-corrected chi connectivity index (χ2v) is 17.7. The molecule has 0 aromatic rings. The van der Waals surface area contributed by atoms with Gasteiger partial charge in [-0.15, -0.1) is 0 Å². The number of unbranched alkanes of at least 4 members (excludes halogenated alkanes) is 9. The van der Waals surface area contributed by atoms with Gasteiger partial charge in [-0.1, -0.05) is 71.1 Å². The molecule has 0 aromatic heterocycles. The Hall–Kier alpha value is -4.73. The van der Waals surface area contributed by atoms with E-state index in [1.165, 1.54) is 0 Å². The van der Waals surface area contributed by atoms with Gasteiger partial charge in [-0.3, -0.25) is 28.8 Å². The Morgan fingerprint density at radius 2 is 0.634 bits per heavy atom. The molecular weight excluding hydrogens is 915 g/mol. The molecule has 408 valence electrons. The quantitative estimate of drug-likeness (QED) is 0.0241. The Bertz CT molecular complexity index is 1360. The van der Waals surface area contributed by atoms with Gasteiger partial charge in [0.25, 0.3) is 0 Å². The molecule has 0 aliphatic carbocycles. The highest BCUT2D eigenvalue weighted by molar-refractivity contribution is 5.72. The number of esters is 6. The van der Waals surface area contributed by atoms with Gasteiger partial charge < -0.3 is 42.8 Å². The van der Waals surface area contributed by atoms with Crippen LogP contribution >= 0.6 is 0 Å². The molecule has 0 aliphatic heterocycles. The fourth-order valence-electron chi connectivity index (χ4n) is 6.74. The summed E-state index contributed by atoms with van der Waals surface area (Å²) >= 11 is 0. The lowest BCUT2D eigenvalue weighted by molar-refractivity contribution is -0.166. The minimum absolute atomic E-state index is 0.0421. The van der Waals surface area contributed by atoms with Gasteiger partial charge in [0.05, 0.1) is 26.4 Å². The average Bonchev–Trinajstić information content (AvgIpc) is 3.36. The van der Waals surface area contributed by atoms with Crippen molar-refractivity contribution in [2.45, 2.75) is 195 Å². The van der Waals surface area contributed by atoms with Gasteiger partial charge in [0.1, 0.15) is 31.8 Å². The second kappa shape index (κ2) is 47.6. The molecule has 0 rings (SSSR count). The molecule has 0 saturated heterocycles. The minimum Gasteiger partial charge on any atom is -0.466 e. The Morgan fingerprint density at radius 3 is 0.944 bits per heavy atom. The maximum Gasteiger partial charge on any atom is 0.508 e. The summed E-state index contributed by atoms with van der Waals surface area (Å²) in [5.74, 6) is -2.90. The lowest BCUT2D eigenvalue weighted by Crippen LogP contribution is -2.44. The van der Waals surface area contributed by atoms with Crippen LogP contribution in [0.5, 0.6) is 0 Å². The molecule has 0 radical (unpaired) electrons. The molecule has 0 saturated carbocycles. The summed E-state index contributed by atoms with van der Waals surface area (Å²) in [7, 11) is 0. The molecule has 71 heavy (non-hydrogen) atoms. The molecule has 0 spiro atoms. The van der Waals surface area contributed by atoms with Crippen molar-refractivity contribution in [3.05, 3.63) is 36.5 Å². The van der Waals surface area contributed by atoms with E-state index < -0.39 is 55.9 Å². The van der Waals surface area contributed by atoms with E-state index in [1.807, 2.05) is 13.8 Å². The average molecular weight is 1010 g/mol. The Balaban J connectivity index is 5.69. The minimum atomic E-state index is -1.54. The summed E-state index contributed by atoms with van der Waals surface area (Å²) in [5.41, 5.74) is -1.54. The first kappa shape index (κ1) is 66.3. The molecule has 16 heteroatoms. The van der Waals surface area contributed by atoms with Crippen LogP contribution in [0.3, 0.4) is 0 Å². The van der Waals surface area contributed by atoms with Crippen LogP contribution in [0.2, 0.25) is 0 Å². The SMILES string of the molecule is CC/C=C\CCCCOC(=O)CCCCC(=O)OCC(COC(=O)CCCCC(=O)OCCCC/C=C\CC)(COC(=O)CCCCC(=O)OCCCC/C=C\CC)COC(=O)OCCCN(CC)CC. The number of ether oxygens (including phenoxy) is 8. The Kier molecular flexibility index (Phi) is 44.4. The lowest BCUT2D eigenvalue weighted by Gasteiger charge is -2.31. The lowest BCUT2D eigenvalue weighted by atomic mass is 9.92. The zero-order valence-electron chi connectivity index (χ0n) is 44.5. The van der Waals surface area contributed by atoms with Gasteiger partial charge >= 0.3 is 42.0 Å². The van der Waals surface area contributed by atoms with E-state index in [0.29, 0.717) is 71.3 Å². The molecule has 0 atom stereocenters. The van der Waals surface area contributed by atoms with Gasteiger partial charge in [0.15, 0.2) is 0 Å². The van der Waals surface area contributed by atoms with Crippen LogP contribution in [0.1, 0.15) is 195 Å². The van der Waals surface area contributed by atoms with E-state index in [0.717, 1.165) is 90.1 Å². The number of hydrogen-bond acceptors (Lipinski definition) is 16. The van der Waals surface area contributed by atoms with Gasteiger partial charge in [0.2, 0.25) is 0 Å². The highest BCUT2D eigenvalue weighted by Gasteiger charge is 2.38. The number of nitrogens with zero attached hydrogens (tertiary/aromatic N) is 1. The van der Waals surface area contributed by atoms with Crippen LogP contribution in [0.4, 0.5) is 4.79 Å². The molecule has 0 amide bonds. The van der Waals surface area contributed by atoms with E-state index in [-0.39, 0.29) is 63.0 Å². The van der Waals surface area contributed by atoms with E-state index in [1.54, 1.807) is 0 Å². The number of allylic oxidation sites excluding steroid dienone is 6. The van der Waals surface area contributed by atoms with Crippen LogP contribution in [-0.2, 0) is 66.7 Å². The summed E-state index contributed by atoms with van der Waals surface area (Å²) < 4.78 is 43.8. The van der Waals surface area contributed by atoms with Crippen molar-refractivity contribution < 1.29 is 71.5 Å². The van der Waals surface area contributed by atoms with Crippen molar-refractivity contribution in [3.63, 3.8) is 0 Å². The van der Waals surface area contributed by atoms with Crippen LogP contribution < -0.4 is 0 Å². The number of carbonyl (C=O) groups is 7. The van der Waals surface area contributed by atoms with E-state index in [2.05, 4.69) is 62.1 Å². The predicted octanol–water partition coefficient (Wildman–Crippen LogP) is 11.2. The Labute approximate surface area is 426 Å². The Morgan fingerprint density at radius 1 is 0.338 bits per heavy atom. The normalized spacial score (nSPS) is 11.6. The summed E-state index contributed by atoms with van der Waals surface area (Å²) in [5, 5.41) is 0. The zero-order chi connectivity index (χ0) is 52.5. The van der Waals surface area contributed by atoms with Crippen LogP contribution in [0.25, 0.3) is 0 Å². The zero-order valence-corrected chi connectivity index (χ0v) is 44.5. The number of rotatable bonds is 47. The second-order valence-electron chi connectivity index (χ2n) is 17.7. The van der Waals surface area contributed by atoms with Crippen molar-refractivity contribution in [3.8, 4) is 0 Å². The van der Waals surface area contributed by atoms with Gasteiger partial charge in [0, 0.05) is 45.1 Å². The first-order valence-corrected chi connectivity index (χ1v) is 26.8. The summed E-state index contributed by atoms with van der Waals surface area (Å²) in [6.45, 7) is 11.9. The summed E-state index contributed by atoms with van der Waals surface area (Å²) in [6.07, 6.45) is 25.5. The van der Waals surface area contributed by atoms with Crippen LogP contribution in [0, 0.1) is 5.41 Å². The molecule has 0 fully saturated rings. The van der Waals surface area contributed by atoms with Crippen LogP contribution in [0.15, 0.2) is 36.5 Å². The van der Waals surface area contributed by atoms with Gasteiger partial charge in [-0.25, -0.2) is 4.79 Å². The molecule has 0 bridgehead atoms. The van der Waals surface area contributed by atoms with Crippen molar-refractivity contribution in [1.29, 1.82) is 0 Å². The third kappa shape index (κ3) is 42.6. The summed E-state index contributed by atoms with van der Waals surface area (Å²) in [6, 6.07) is 0. The van der Waals surface area contributed by atoms with Crippen LogP contribution in [-0.4, -0.2) is 119 Å². The van der Waals surface area contributed by atoms with Crippen molar-refractivity contribution in [2.75, 3.05) is 72.5 Å². The van der Waals surface area contributed by atoms with Gasteiger partial charge in [-0.05, 0) is 135 Å². The molecular formula is C55H93NO15. The first-order valence-electron chi connectivity index (χ1n) is 26.8. The smallest absolute Gasteiger partial charge is 0.466 e. The predicted molar refractivity (Wildman–Crippen MR) is 273 cm³/mol. The molecule has 0 heterocycles. The topological polar surface area (TPSA) is 197 Å². The van der Waals surface area contributed by atoms with Crippen molar-refractivity contribution in [1.82, 2.24) is 4.90 Å². The highest BCUT2D eigenvalue weighted by Crippen LogP contribution is 2.23. The largest absolute Gasteiger partial charge is 0.508 e. The summed E-state index contributed by atoms with van der Waals surface area (Å²) in [4.78, 5) is 91.1. The number of carbonyl (C=O) groups excluding carboxylic acids is 7. The fourth-order valence-corrected chi connectivity index (χ4v) is 6.74. The molecule has 0 aromatic carbocycles. The molecule has 0 unspecified atom stereocenters. The third-order valence-electron chi connectivity index (χ3n) is 11.2. The maximum atomic E-state index is 13.1. The molecule has 16 nitrogen and oxygen atoms in total. The molecule has 0 aliphatic rings. The van der Waals surface area contributed by atoms with Crippen molar-refractivity contribution in [2.24, 2.45) is 5.41 Å². The van der Waals surface area contributed by atoms with Gasteiger partial charge in [-0.2, -0.15) is 0 Å². The monoisotopic (exact) mass is 1010 g/mol. The first-order chi connectivity index (χ1) is 34.4. The highest BCUT2D eigenvalue weighted by atomic mass is 16.7.